The minimum Gasteiger partial charge on any atom is -0.357 e. The highest BCUT2D eigenvalue weighted by atomic mass is 35.5. The molecule has 0 aromatic heterocycles. The first-order chi connectivity index (χ1) is 14.8. The van der Waals surface area contributed by atoms with Gasteiger partial charge in [0.1, 0.15) is 12.6 Å². The summed E-state index contributed by atoms with van der Waals surface area (Å²) < 4.78 is 25.8. The number of benzene rings is 2. The van der Waals surface area contributed by atoms with Gasteiger partial charge < -0.3 is 10.2 Å². The number of amides is 2. The van der Waals surface area contributed by atoms with Crippen LogP contribution in [0.5, 0.6) is 0 Å². The zero-order chi connectivity index (χ0) is 24.2. The second-order valence-electron chi connectivity index (χ2n) is 6.93. The molecule has 2 aromatic rings. The maximum atomic E-state index is 13.3. The van der Waals surface area contributed by atoms with Crippen molar-refractivity contribution in [2.45, 2.75) is 19.5 Å². The van der Waals surface area contributed by atoms with Gasteiger partial charge in [0.25, 0.3) is 0 Å². The number of nitrogens with zero attached hydrogens (tertiary/aromatic N) is 2. The van der Waals surface area contributed by atoms with Gasteiger partial charge in [-0.1, -0.05) is 52.5 Å². The Morgan fingerprint density at radius 3 is 2.19 bits per heavy atom. The third-order valence-electron chi connectivity index (χ3n) is 4.61. The predicted octanol–water partition coefficient (Wildman–Crippen LogP) is 4.23. The molecule has 174 valence electrons. The smallest absolute Gasteiger partial charge is 0.244 e. The zero-order valence-corrected chi connectivity index (χ0v) is 21.2. The van der Waals surface area contributed by atoms with Crippen LogP contribution in [-0.4, -0.2) is 51.0 Å². The molecule has 0 spiro atoms. The Hall–Kier alpha value is -1.71. The van der Waals surface area contributed by atoms with Gasteiger partial charge >= 0.3 is 0 Å². The van der Waals surface area contributed by atoms with Gasteiger partial charge in [-0.25, -0.2) is 8.42 Å². The highest BCUT2D eigenvalue weighted by Gasteiger charge is 2.30. The number of sulfonamides is 1. The van der Waals surface area contributed by atoms with E-state index in [1.54, 1.807) is 18.2 Å². The molecule has 0 saturated carbocycles. The van der Waals surface area contributed by atoms with Crippen molar-refractivity contribution in [3.8, 4) is 0 Å². The average Bonchev–Trinajstić information content (AvgIpc) is 2.71. The van der Waals surface area contributed by atoms with Crippen LogP contribution in [0.25, 0.3) is 0 Å². The van der Waals surface area contributed by atoms with E-state index >= 15 is 0 Å². The molecule has 2 amide bonds. The summed E-state index contributed by atoms with van der Waals surface area (Å²) in [5, 5.41) is 3.49. The maximum Gasteiger partial charge on any atom is 0.244 e. The van der Waals surface area contributed by atoms with E-state index in [1.165, 1.54) is 37.1 Å². The summed E-state index contributed by atoms with van der Waals surface area (Å²) in [5.41, 5.74) is 0.702. The SMILES string of the molecule is CNC(=O)C(C)N(Cc1ccc(Cl)c(Cl)c1)C(=O)CN(c1ccc(Cl)cc1Cl)S(C)(=O)=O. The Labute approximate surface area is 207 Å². The molecule has 0 bridgehead atoms. The molecule has 0 fully saturated rings. The van der Waals surface area contributed by atoms with Crippen molar-refractivity contribution in [3.63, 3.8) is 0 Å². The first kappa shape index (κ1) is 26.5. The molecule has 0 aliphatic carbocycles. The summed E-state index contributed by atoms with van der Waals surface area (Å²) in [6.45, 7) is 0.952. The third-order valence-corrected chi connectivity index (χ3v) is 7.01. The van der Waals surface area contributed by atoms with Crippen molar-refractivity contribution < 1.29 is 18.0 Å². The lowest BCUT2D eigenvalue weighted by molar-refractivity contribution is -0.139. The second-order valence-corrected chi connectivity index (χ2v) is 10.5. The topological polar surface area (TPSA) is 86.8 Å². The fraction of sp³-hybridized carbons (Fsp3) is 0.300. The van der Waals surface area contributed by atoms with Gasteiger partial charge in [-0.2, -0.15) is 0 Å². The Morgan fingerprint density at radius 2 is 1.66 bits per heavy atom. The van der Waals surface area contributed by atoms with Crippen molar-refractivity contribution in [1.82, 2.24) is 10.2 Å². The standard InChI is InChI=1S/C20H21Cl4N3O4S/c1-12(20(29)25-2)26(10-13-4-6-15(22)16(23)8-13)19(28)11-27(32(3,30)31)18-7-5-14(21)9-17(18)24/h4-9,12H,10-11H2,1-3H3,(H,25,29). The van der Waals surface area contributed by atoms with Crippen molar-refractivity contribution in [2.24, 2.45) is 0 Å². The molecular weight excluding hydrogens is 520 g/mol. The van der Waals surface area contributed by atoms with Crippen LogP contribution in [0.3, 0.4) is 0 Å². The number of halogens is 4. The van der Waals surface area contributed by atoms with Crippen LogP contribution in [-0.2, 0) is 26.2 Å². The summed E-state index contributed by atoms with van der Waals surface area (Å²) in [4.78, 5) is 26.8. The summed E-state index contributed by atoms with van der Waals surface area (Å²) in [7, 11) is -2.46. The summed E-state index contributed by atoms with van der Waals surface area (Å²) in [5.74, 6) is -1.04. The van der Waals surface area contributed by atoms with Gasteiger partial charge in [0.05, 0.1) is 27.0 Å². The number of hydrogen-bond donors (Lipinski definition) is 1. The van der Waals surface area contributed by atoms with E-state index < -0.39 is 34.4 Å². The molecule has 32 heavy (non-hydrogen) atoms. The molecule has 1 unspecified atom stereocenters. The van der Waals surface area contributed by atoms with E-state index in [0.29, 0.717) is 15.6 Å². The van der Waals surface area contributed by atoms with Crippen molar-refractivity contribution in [1.29, 1.82) is 0 Å². The normalized spacial score (nSPS) is 12.2. The van der Waals surface area contributed by atoms with Crippen LogP contribution >= 0.6 is 46.4 Å². The molecule has 0 radical (unpaired) electrons. The van der Waals surface area contributed by atoms with E-state index in [9.17, 15) is 18.0 Å². The number of likely N-dealkylation sites (N-methyl/N-ethyl adjacent to an activating group) is 1. The molecule has 0 heterocycles. The number of anilines is 1. The van der Waals surface area contributed by atoms with Crippen molar-refractivity contribution >= 4 is 73.9 Å². The lowest BCUT2D eigenvalue weighted by Gasteiger charge is -2.31. The third kappa shape index (κ3) is 6.65. The molecule has 1 N–H and O–H groups in total. The van der Waals surface area contributed by atoms with Crippen LogP contribution < -0.4 is 9.62 Å². The summed E-state index contributed by atoms with van der Waals surface area (Å²) >= 11 is 24.1. The van der Waals surface area contributed by atoms with Gasteiger partial charge in [0.2, 0.25) is 21.8 Å². The monoisotopic (exact) mass is 539 g/mol. The Balaban J connectivity index is 2.43. The molecular formula is C20H21Cl4N3O4S. The lowest BCUT2D eigenvalue weighted by atomic mass is 10.1. The summed E-state index contributed by atoms with van der Waals surface area (Å²) in [6.07, 6.45) is 0.955. The molecule has 2 rings (SSSR count). The fourth-order valence-electron chi connectivity index (χ4n) is 2.90. The number of rotatable bonds is 8. The number of hydrogen-bond acceptors (Lipinski definition) is 4. The van der Waals surface area contributed by atoms with Crippen LogP contribution in [0.1, 0.15) is 12.5 Å². The molecule has 2 aromatic carbocycles. The van der Waals surface area contributed by atoms with Gasteiger partial charge in [-0.3, -0.25) is 13.9 Å². The number of carbonyl (C=O) groups excluding carboxylic acids is 2. The minimum atomic E-state index is -3.90. The fourth-order valence-corrected chi connectivity index (χ4v) is 4.65. The van der Waals surface area contributed by atoms with Crippen molar-refractivity contribution in [2.75, 3.05) is 24.2 Å². The molecule has 0 aliphatic rings. The van der Waals surface area contributed by atoms with Gasteiger partial charge in [0, 0.05) is 18.6 Å². The van der Waals surface area contributed by atoms with Gasteiger partial charge in [-0.15, -0.1) is 0 Å². The largest absolute Gasteiger partial charge is 0.357 e. The number of carbonyl (C=O) groups is 2. The lowest BCUT2D eigenvalue weighted by Crippen LogP contribution is -2.50. The predicted molar refractivity (Wildman–Crippen MR) is 129 cm³/mol. The van der Waals surface area contributed by atoms with Gasteiger partial charge in [-0.05, 0) is 42.8 Å². The first-order valence-corrected chi connectivity index (χ1v) is 12.6. The zero-order valence-electron chi connectivity index (χ0n) is 17.4. The molecule has 0 aliphatic heterocycles. The Morgan fingerprint density at radius 1 is 1.00 bits per heavy atom. The van der Waals surface area contributed by atoms with E-state index in [0.717, 1.165) is 10.6 Å². The Kier molecular flexibility index (Phi) is 9.07. The number of nitrogens with one attached hydrogen (secondary N) is 1. The molecule has 12 heteroatoms. The van der Waals surface area contributed by atoms with Crippen molar-refractivity contribution in [3.05, 3.63) is 62.1 Å². The Bertz CT molecular complexity index is 1130. The molecule has 0 saturated heterocycles. The van der Waals surface area contributed by atoms with Crippen LogP contribution in [0, 0.1) is 0 Å². The van der Waals surface area contributed by atoms with Crippen LogP contribution in [0.4, 0.5) is 5.69 Å². The summed E-state index contributed by atoms with van der Waals surface area (Å²) in [6, 6.07) is 8.16. The van der Waals surface area contributed by atoms with Gasteiger partial charge in [0.15, 0.2) is 0 Å². The second kappa shape index (κ2) is 10.9. The quantitative estimate of drug-likeness (QED) is 0.542. The van der Waals surface area contributed by atoms with E-state index in [1.807, 2.05) is 0 Å². The minimum absolute atomic E-state index is 0.00371. The van der Waals surface area contributed by atoms with Crippen LogP contribution in [0.15, 0.2) is 36.4 Å². The maximum absolute atomic E-state index is 13.3. The highest BCUT2D eigenvalue weighted by molar-refractivity contribution is 7.92. The molecule has 1 atom stereocenters. The molecule has 7 nitrogen and oxygen atoms in total. The first-order valence-electron chi connectivity index (χ1n) is 9.23. The van der Waals surface area contributed by atoms with E-state index in [4.69, 9.17) is 46.4 Å². The van der Waals surface area contributed by atoms with Crippen LogP contribution in [0.2, 0.25) is 20.1 Å². The highest BCUT2D eigenvalue weighted by Crippen LogP contribution is 2.30. The average molecular weight is 541 g/mol. The van der Waals surface area contributed by atoms with E-state index in [2.05, 4.69) is 5.32 Å². The van der Waals surface area contributed by atoms with E-state index in [-0.39, 0.29) is 22.3 Å².